The molecule has 2 aromatic rings. The molecule has 2 heterocycles. The smallest absolute Gasteiger partial charge is 0.339 e. The van der Waals surface area contributed by atoms with E-state index in [1.54, 1.807) is 20.9 Å². The van der Waals surface area contributed by atoms with Crippen molar-refractivity contribution in [3.63, 3.8) is 0 Å². The maximum atomic E-state index is 12.0. The Labute approximate surface area is 114 Å². The van der Waals surface area contributed by atoms with Crippen LogP contribution in [0.5, 0.6) is 0 Å². The van der Waals surface area contributed by atoms with Crippen molar-refractivity contribution in [1.82, 2.24) is 10.1 Å². The van der Waals surface area contributed by atoms with Crippen molar-refractivity contribution in [3.05, 3.63) is 40.7 Å². The minimum atomic E-state index is -1.06. The Bertz CT molecular complexity index is 656. The van der Waals surface area contributed by atoms with E-state index in [2.05, 4.69) is 5.16 Å². The second-order valence-corrected chi connectivity index (χ2v) is 4.48. The lowest BCUT2D eigenvalue weighted by atomic mass is 10.2. The number of aromatic nitrogens is 1. The van der Waals surface area contributed by atoms with E-state index < -0.39 is 5.97 Å². The van der Waals surface area contributed by atoms with Crippen LogP contribution < -0.4 is 0 Å². The van der Waals surface area contributed by atoms with Gasteiger partial charge in [0.05, 0.1) is 12.2 Å². The van der Waals surface area contributed by atoms with Gasteiger partial charge in [-0.3, -0.25) is 4.79 Å². The normalized spacial score (nSPS) is 10.6. The largest absolute Gasteiger partial charge is 0.478 e. The molecule has 0 aliphatic rings. The number of carbonyl (C=O) groups excluding carboxylic acids is 1. The van der Waals surface area contributed by atoms with Gasteiger partial charge in [0.25, 0.3) is 5.91 Å². The number of amides is 1. The number of furan rings is 1. The second kappa shape index (κ2) is 5.20. The Kier molecular flexibility index (Phi) is 3.60. The van der Waals surface area contributed by atoms with Gasteiger partial charge in [0, 0.05) is 13.1 Å². The molecule has 7 nitrogen and oxygen atoms in total. The highest BCUT2D eigenvalue weighted by molar-refractivity contribution is 5.91. The minimum absolute atomic E-state index is 0.0939. The van der Waals surface area contributed by atoms with Gasteiger partial charge >= 0.3 is 5.97 Å². The number of hydrogen-bond acceptors (Lipinski definition) is 5. The van der Waals surface area contributed by atoms with E-state index in [9.17, 15) is 9.59 Å². The van der Waals surface area contributed by atoms with Crippen LogP contribution in [0.3, 0.4) is 0 Å². The Balaban J connectivity index is 2.11. The summed E-state index contributed by atoms with van der Waals surface area (Å²) in [6.07, 6.45) is 0. The van der Waals surface area contributed by atoms with Crippen LogP contribution in [0.25, 0.3) is 0 Å². The van der Waals surface area contributed by atoms with Crippen molar-refractivity contribution < 1.29 is 23.6 Å². The van der Waals surface area contributed by atoms with Crippen molar-refractivity contribution in [2.75, 3.05) is 7.05 Å². The van der Waals surface area contributed by atoms with E-state index in [0.29, 0.717) is 17.2 Å². The van der Waals surface area contributed by atoms with Gasteiger partial charge in [-0.05, 0) is 19.9 Å². The summed E-state index contributed by atoms with van der Waals surface area (Å²) in [5.41, 5.74) is 0.708. The summed E-state index contributed by atoms with van der Waals surface area (Å²) in [5, 5.41) is 12.6. The lowest BCUT2D eigenvalue weighted by Crippen LogP contribution is -2.25. The Morgan fingerprint density at radius 2 is 2.05 bits per heavy atom. The lowest BCUT2D eigenvalue weighted by molar-refractivity contribution is 0.0693. The SMILES string of the molecule is Cc1cc(C(=O)N(C)Cc2cc(C(=O)O)c(C)o2)on1. The van der Waals surface area contributed by atoms with Crippen molar-refractivity contribution in [1.29, 1.82) is 0 Å². The number of rotatable bonds is 4. The van der Waals surface area contributed by atoms with Gasteiger partial charge in [-0.15, -0.1) is 0 Å². The van der Waals surface area contributed by atoms with Gasteiger partial charge in [0.15, 0.2) is 0 Å². The predicted molar refractivity (Wildman–Crippen MR) is 67.4 cm³/mol. The van der Waals surface area contributed by atoms with Crippen molar-refractivity contribution in [2.24, 2.45) is 0 Å². The molecule has 2 aromatic heterocycles. The number of hydrogen-bond donors (Lipinski definition) is 1. The molecule has 20 heavy (non-hydrogen) atoms. The maximum Gasteiger partial charge on any atom is 0.339 e. The first-order valence-corrected chi connectivity index (χ1v) is 5.90. The van der Waals surface area contributed by atoms with Gasteiger partial charge in [-0.2, -0.15) is 0 Å². The standard InChI is InChI=1S/C13H14N2O5/c1-7-4-11(20-14-7)12(16)15(3)6-9-5-10(13(17)18)8(2)19-9/h4-5H,6H2,1-3H3,(H,17,18). The van der Waals surface area contributed by atoms with Crippen molar-refractivity contribution in [3.8, 4) is 0 Å². The zero-order valence-electron chi connectivity index (χ0n) is 11.3. The van der Waals surface area contributed by atoms with E-state index in [1.165, 1.54) is 17.0 Å². The number of carboxylic acids is 1. The van der Waals surface area contributed by atoms with Gasteiger partial charge < -0.3 is 18.9 Å². The minimum Gasteiger partial charge on any atom is -0.478 e. The van der Waals surface area contributed by atoms with E-state index in [4.69, 9.17) is 14.0 Å². The van der Waals surface area contributed by atoms with Crippen LogP contribution in [0.4, 0.5) is 0 Å². The molecule has 1 N–H and O–H groups in total. The highest BCUT2D eigenvalue weighted by atomic mass is 16.5. The van der Waals surface area contributed by atoms with E-state index >= 15 is 0 Å². The maximum absolute atomic E-state index is 12.0. The van der Waals surface area contributed by atoms with Gasteiger partial charge in [-0.25, -0.2) is 4.79 Å². The van der Waals surface area contributed by atoms with Crippen molar-refractivity contribution in [2.45, 2.75) is 20.4 Å². The lowest BCUT2D eigenvalue weighted by Gasteiger charge is -2.13. The Hall–Kier alpha value is -2.57. The van der Waals surface area contributed by atoms with Gasteiger partial charge in [0.2, 0.25) is 5.76 Å². The average molecular weight is 278 g/mol. The highest BCUT2D eigenvalue weighted by Gasteiger charge is 2.20. The molecule has 1 amide bonds. The molecule has 0 fully saturated rings. The topological polar surface area (TPSA) is 96.8 Å². The molecule has 0 radical (unpaired) electrons. The van der Waals surface area contributed by atoms with Crippen molar-refractivity contribution >= 4 is 11.9 Å². The summed E-state index contributed by atoms with van der Waals surface area (Å²) in [6, 6.07) is 2.95. The second-order valence-electron chi connectivity index (χ2n) is 4.48. The molecule has 0 unspecified atom stereocenters. The molecule has 0 spiro atoms. The fraction of sp³-hybridized carbons (Fsp3) is 0.308. The molecule has 0 aliphatic heterocycles. The average Bonchev–Trinajstić information content (AvgIpc) is 2.94. The first-order valence-electron chi connectivity index (χ1n) is 5.90. The number of nitrogens with zero attached hydrogens (tertiary/aromatic N) is 2. The molecule has 2 rings (SSSR count). The molecule has 106 valence electrons. The number of aromatic carboxylic acids is 1. The third-order valence-corrected chi connectivity index (χ3v) is 2.78. The molecule has 0 saturated carbocycles. The number of aryl methyl sites for hydroxylation is 2. The Morgan fingerprint density at radius 1 is 1.35 bits per heavy atom. The van der Waals surface area contributed by atoms with Crippen LogP contribution in [0.15, 0.2) is 21.1 Å². The van der Waals surface area contributed by atoms with Crippen LogP contribution in [0, 0.1) is 13.8 Å². The Morgan fingerprint density at radius 3 is 2.55 bits per heavy atom. The molecular formula is C13H14N2O5. The van der Waals surface area contributed by atoms with E-state index in [0.717, 1.165) is 0 Å². The fourth-order valence-corrected chi connectivity index (χ4v) is 1.79. The quantitative estimate of drug-likeness (QED) is 0.916. The molecule has 0 aliphatic carbocycles. The molecule has 7 heteroatoms. The first-order chi connectivity index (χ1) is 9.38. The van der Waals surface area contributed by atoms with Crippen LogP contribution in [0.1, 0.15) is 38.1 Å². The fourth-order valence-electron chi connectivity index (χ4n) is 1.79. The van der Waals surface area contributed by atoms with Crippen LogP contribution in [-0.4, -0.2) is 34.1 Å². The van der Waals surface area contributed by atoms with Gasteiger partial charge in [-0.1, -0.05) is 5.16 Å². The van der Waals surface area contributed by atoms with E-state index in [1.807, 2.05) is 0 Å². The number of carbonyl (C=O) groups is 2. The van der Waals surface area contributed by atoms with Crippen LogP contribution >= 0.6 is 0 Å². The summed E-state index contributed by atoms with van der Waals surface area (Å²) < 4.78 is 10.2. The first kappa shape index (κ1) is 13.9. The highest BCUT2D eigenvalue weighted by Crippen LogP contribution is 2.17. The summed E-state index contributed by atoms with van der Waals surface area (Å²) in [7, 11) is 1.57. The number of carboxylic acid groups (broad SMARTS) is 1. The summed E-state index contributed by atoms with van der Waals surface area (Å²) in [4.78, 5) is 24.3. The summed E-state index contributed by atoms with van der Waals surface area (Å²) >= 11 is 0. The molecule has 0 atom stereocenters. The monoisotopic (exact) mass is 278 g/mol. The van der Waals surface area contributed by atoms with E-state index in [-0.39, 0.29) is 23.8 Å². The molecular weight excluding hydrogens is 264 g/mol. The third kappa shape index (κ3) is 2.71. The zero-order chi connectivity index (χ0) is 14.9. The van der Waals surface area contributed by atoms with Crippen LogP contribution in [-0.2, 0) is 6.54 Å². The summed E-state index contributed by atoms with van der Waals surface area (Å²) in [6.45, 7) is 3.43. The molecule has 0 bridgehead atoms. The molecule has 0 aromatic carbocycles. The zero-order valence-corrected chi connectivity index (χ0v) is 11.3. The van der Waals surface area contributed by atoms with Gasteiger partial charge in [0.1, 0.15) is 17.1 Å². The molecule has 0 saturated heterocycles. The predicted octanol–water partition coefficient (Wildman–Crippen LogP) is 1.85. The third-order valence-electron chi connectivity index (χ3n) is 2.78. The summed E-state index contributed by atoms with van der Waals surface area (Å²) in [5.74, 6) is -0.573. The van der Waals surface area contributed by atoms with Crippen LogP contribution in [0.2, 0.25) is 0 Å².